The van der Waals surface area contributed by atoms with Gasteiger partial charge >= 0.3 is 0 Å². The molecule has 4 heteroatoms. The molecular formula is C14H17NO3. The molecule has 1 aliphatic heterocycles. The number of methoxy groups -OCH3 is 1. The molecule has 0 N–H and O–H groups in total. The SMILES string of the molecule is COc1ccc(N2C(=O)[C@@H](C(C)C)C2C=O)cc1. The van der Waals surface area contributed by atoms with Crippen molar-refractivity contribution in [3.05, 3.63) is 24.3 Å². The average molecular weight is 247 g/mol. The number of carbonyl (C=O) groups is 2. The Kier molecular flexibility index (Phi) is 3.36. The van der Waals surface area contributed by atoms with Gasteiger partial charge in [-0.05, 0) is 30.2 Å². The molecule has 0 radical (unpaired) electrons. The van der Waals surface area contributed by atoms with Crippen LogP contribution in [0.15, 0.2) is 24.3 Å². The van der Waals surface area contributed by atoms with Crippen LogP contribution in [0.3, 0.4) is 0 Å². The van der Waals surface area contributed by atoms with Crippen molar-refractivity contribution < 1.29 is 14.3 Å². The van der Waals surface area contributed by atoms with E-state index in [-0.39, 0.29) is 23.8 Å². The van der Waals surface area contributed by atoms with Crippen molar-refractivity contribution in [1.82, 2.24) is 0 Å². The van der Waals surface area contributed by atoms with Gasteiger partial charge in [-0.3, -0.25) is 4.79 Å². The third-order valence-corrected chi connectivity index (χ3v) is 3.40. The third-order valence-electron chi connectivity index (χ3n) is 3.40. The van der Waals surface area contributed by atoms with Gasteiger partial charge in [0.15, 0.2) is 0 Å². The summed E-state index contributed by atoms with van der Waals surface area (Å²) in [5, 5.41) is 0. The zero-order valence-electron chi connectivity index (χ0n) is 10.8. The van der Waals surface area contributed by atoms with Crippen molar-refractivity contribution >= 4 is 17.9 Å². The molecule has 1 saturated heterocycles. The van der Waals surface area contributed by atoms with Crippen molar-refractivity contribution in [2.24, 2.45) is 11.8 Å². The number of hydrogen-bond donors (Lipinski definition) is 0. The summed E-state index contributed by atoms with van der Waals surface area (Å²) >= 11 is 0. The minimum Gasteiger partial charge on any atom is -0.497 e. The predicted octanol–water partition coefficient (Wildman–Crippen LogP) is 1.88. The Morgan fingerprint density at radius 1 is 1.28 bits per heavy atom. The van der Waals surface area contributed by atoms with Gasteiger partial charge in [-0.25, -0.2) is 0 Å². The van der Waals surface area contributed by atoms with Gasteiger partial charge in [0.1, 0.15) is 18.1 Å². The average Bonchev–Trinajstić information content (AvgIpc) is 2.36. The summed E-state index contributed by atoms with van der Waals surface area (Å²) in [5.74, 6) is 0.744. The van der Waals surface area contributed by atoms with Crippen LogP contribution in [0.2, 0.25) is 0 Å². The molecule has 1 unspecified atom stereocenters. The van der Waals surface area contributed by atoms with Gasteiger partial charge in [0.2, 0.25) is 5.91 Å². The number of nitrogens with zero attached hydrogens (tertiary/aromatic N) is 1. The highest BCUT2D eigenvalue weighted by Gasteiger charge is 2.49. The molecular weight excluding hydrogens is 230 g/mol. The molecule has 1 aromatic carbocycles. The number of anilines is 1. The van der Waals surface area contributed by atoms with Crippen molar-refractivity contribution in [2.45, 2.75) is 19.9 Å². The summed E-state index contributed by atoms with van der Waals surface area (Å²) in [7, 11) is 1.59. The summed E-state index contributed by atoms with van der Waals surface area (Å²) in [6, 6.07) is 6.82. The summed E-state index contributed by atoms with van der Waals surface area (Å²) < 4.78 is 5.07. The van der Waals surface area contributed by atoms with Gasteiger partial charge < -0.3 is 14.4 Å². The van der Waals surface area contributed by atoms with E-state index in [0.29, 0.717) is 0 Å². The van der Waals surface area contributed by atoms with Crippen molar-refractivity contribution in [3.63, 3.8) is 0 Å². The van der Waals surface area contributed by atoms with Gasteiger partial charge in [0.05, 0.1) is 13.0 Å². The second-order valence-corrected chi connectivity index (χ2v) is 4.80. The summed E-state index contributed by atoms with van der Waals surface area (Å²) in [5.41, 5.74) is 0.745. The molecule has 0 aliphatic carbocycles. The second-order valence-electron chi connectivity index (χ2n) is 4.80. The highest BCUT2D eigenvalue weighted by molar-refractivity contribution is 6.08. The molecule has 1 fully saturated rings. The first kappa shape index (κ1) is 12.6. The molecule has 96 valence electrons. The normalized spacial score (nSPS) is 22.9. The molecule has 0 aromatic heterocycles. The Balaban J connectivity index is 2.23. The van der Waals surface area contributed by atoms with E-state index in [0.717, 1.165) is 17.7 Å². The maximum atomic E-state index is 12.1. The van der Waals surface area contributed by atoms with Crippen LogP contribution >= 0.6 is 0 Å². The van der Waals surface area contributed by atoms with Gasteiger partial charge in [0.25, 0.3) is 0 Å². The Hall–Kier alpha value is -1.84. The lowest BCUT2D eigenvalue weighted by atomic mass is 9.79. The molecule has 0 saturated carbocycles. The fraction of sp³-hybridized carbons (Fsp3) is 0.429. The van der Waals surface area contributed by atoms with Crippen LogP contribution in [0, 0.1) is 11.8 Å². The van der Waals surface area contributed by atoms with Crippen molar-refractivity contribution in [2.75, 3.05) is 12.0 Å². The van der Waals surface area contributed by atoms with E-state index >= 15 is 0 Å². The maximum absolute atomic E-state index is 12.1. The topological polar surface area (TPSA) is 46.6 Å². The lowest BCUT2D eigenvalue weighted by Gasteiger charge is -2.46. The summed E-state index contributed by atoms with van der Waals surface area (Å²) in [6.07, 6.45) is 0.857. The monoisotopic (exact) mass is 247 g/mol. The highest BCUT2D eigenvalue weighted by Crippen LogP contribution is 2.36. The maximum Gasteiger partial charge on any atom is 0.233 e. The van der Waals surface area contributed by atoms with Crippen LogP contribution in [0.4, 0.5) is 5.69 Å². The summed E-state index contributed by atoms with van der Waals surface area (Å²) in [6.45, 7) is 3.93. The molecule has 2 atom stereocenters. The minimum absolute atomic E-state index is 0.0206. The van der Waals surface area contributed by atoms with E-state index in [9.17, 15) is 9.59 Å². The Labute approximate surface area is 107 Å². The van der Waals surface area contributed by atoms with E-state index in [1.54, 1.807) is 36.3 Å². The van der Waals surface area contributed by atoms with E-state index in [4.69, 9.17) is 4.74 Å². The van der Waals surface area contributed by atoms with Crippen LogP contribution in [0.5, 0.6) is 5.75 Å². The molecule has 1 aromatic rings. The third kappa shape index (κ3) is 1.88. The molecule has 0 bridgehead atoms. The Morgan fingerprint density at radius 2 is 1.89 bits per heavy atom. The second kappa shape index (κ2) is 4.80. The number of aldehydes is 1. The number of benzene rings is 1. The number of rotatable bonds is 4. The Bertz CT molecular complexity index is 453. The van der Waals surface area contributed by atoms with Crippen LogP contribution in [-0.4, -0.2) is 25.3 Å². The predicted molar refractivity (Wildman–Crippen MR) is 68.7 cm³/mol. The molecule has 1 heterocycles. The van der Waals surface area contributed by atoms with E-state index in [1.165, 1.54) is 0 Å². The zero-order chi connectivity index (χ0) is 13.3. The number of amides is 1. The summed E-state index contributed by atoms with van der Waals surface area (Å²) in [4.78, 5) is 24.8. The van der Waals surface area contributed by atoms with Crippen molar-refractivity contribution in [3.8, 4) is 5.75 Å². The first-order valence-corrected chi connectivity index (χ1v) is 6.02. The molecule has 1 aliphatic rings. The molecule has 18 heavy (non-hydrogen) atoms. The molecule has 2 rings (SSSR count). The first-order chi connectivity index (χ1) is 8.60. The fourth-order valence-electron chi connectivity index (χ4n) is 2.40. The molecule has 1 amide bonds. The quantitative estimate of drug-likeness (QED) is 0.603. The van der Waals surface area contributed by atoms with E-state index in [1.807, 2.05) is 13.8 Å². The highest BCUT2D eigenvalue weighted by atomic mass is 16.5. The Morgan fingerprint density at radius 3 is 2.33 bits per heavy atom. The smallest absolute Gasteiger partial charge is 0.233 e. The molecule has 0 spiro atoms. The lowest BCUT2D eigenvalue weighted by molar-refractivity contribution is -0.135. The standard InChI is InChI=1S/C14H17NO3/c1-9(2)13-12(8-16)15(14(13)17)10-4-6-11(18-3)7-5-10/h4-9,12-13H,1-3H3/t12?,13-/m0/s1. The van der Waals surface area contributed by atoms with Crippen LogP contribution < -0.4 is 9.64 Å². The number of carbonyl (C=O) groups excluding carboxylic acids is 2. The first-order valence-electron chi connectivity index (χ1n) is 6.02. The van der Waals surface area contributed by atoms with Crippen LogP contribution in [0.25, 0.3) is 0 Å². The zero-order valence-corrected chi connectivity index (χ0v) is 10.8. The lowest BCUT2D eigenvalue weighted by Crippen LogP contribution is -2.63. The van der Waals surface area contributed by atoms with E-state index < -0.39 is 0 Å². The van der Waals surface area contributed by atoms with Gasteiger partial charge in [-0.1, -0.05) is 13.8 Å². The van der Waals surface area contributed by atoms with Gasteiger partial charge in [-0.15, -0.1) is 0 Å². The van der Waals surface area contributed by atoms with E-state index in [2.05, 4.69) is 0 Å². The minimum atomic E-state index is -0.342. The van der Waals surface area contributed by atoms with Crippen LogP contribution in [-0.2, 0) is 9.59 Å². The van der Waals surface area contributed by atoms with Crippen LogP contribution in [0.1, 0.15) is 13.8 Å². The number of β-lactam (4-membered cyclic amide) rings is 1. The van der Waals surface area contributed by atoms with Crippen molar-refractivity contribution in [1.29, 1.82) is 0 Å². The number of ether oxygens (including phenoxy) is 1. The van der Waals surface area contributed by atoms with Gasteiger partial charge in [0, 0.05) is 5.69 Å². The largest absolute Gasteiger partial charge is 0.497 e. The molecule has 4 nitrogen and oxygen atoms in total. The van der Waals surface area contributed by atoms with Gasteiger partial charge in [-0.2, -0.15) is 0 Å². The fourth-order valence-corrected chi connectivity index (χ4v) is 2.40. The number of hydrogen-bond acceptors (Lipinski definition) is 3.